The minimum atomic E-state index is -0.821. The van der Waals surface area contributed by atoms with Gasteiger partial charge in [-0.1, -0.05) is 24.3 Å². The minimum absolute atomic E-state index is 0.0417. The van der Waals surface area contributed by atoms with Crippen molar-refractivity contribution in [2.75, 3.05) is 37.4 Å². The van der Waals surface area contributed by atoms with Crippen LogP contribution >= 0.6 is 0 Å². The average Bonchev–Trinajstić information content (AvgIpc) is 2.85. The number of methoxy groups -OCH3 is 1. The van der Waals surface area contributed by atoms with Gasteiger partial charge < -0.3 is 30.7 Å². The summed E-state index contributed by atoms with van der Waals surface area (Å²) in [6, 6.07) is 12.0. The Morgan fingerprint density at radius 3 is 2.39 bits per heavy atom. The maximum absolute atomic E-state index is 12.4. The number of para-hydroxylation sites is 1. The van der Waals surface area contributed by atoms with Crippen molar-refractivity contribution in [2.24, 2.45) is 5.92 Å². The smallest absolute Gasteiger partial charge is 0.323 e. The molecular weight excluding hydrogens is 464 g/mol. The van der Waals surface area contributed by atoms with E-state index in [1.807, 2.05) is 25.1 Å². The van der Waals surface area contributed by atoms with Gasteiger partial charge in [-0.3, -0.25) is 14.4 Å². The zero-order chi connectivity index (χ0) is 26.1. The number of amides is 4. The van der Waals surface area contributed by atoms with E-state index in [1.165, 1.54) is 7.11 Å². The number of nitrogens with one attached hydrogen (secondary N) is 3. The van der Waals surface area contributed by atoms with E-state index < -0.39 is 12.0 Å². The lowest BCUT2D eigenvalue weighted by Crippen LogP contribution is -2.44. The van der Waals surface area contributed by atoms with Gasteiger partial charge in [-0.2, -0.15) is 0 Å². The summed E-state index contributed by atoms with van der Waals surface area (Å²) >= 11 is 0. The third-order valence-corrected chi connectivity index (χ3v) is 6.14. The number of anilines is 2. The van der Waals surface area contributed by atoms with Crippen LogP contribution in [0.15, 0.2) is 42.5 Å². The van der Waals surface area contributed by atoms with Gasteiger partial charge in [-0.25, -0.2) is 4.79 Å². The SMILES string of the molecule is COc1cc(CC(=O)NCC(=O)N2CCC(CC(=O)O)CC2)ccc1NC(=O)Nc1ccccc1C. The Morgan fingerprint density at radius 1 is 1.03 bits per heavy atom. The van der Waals surface area contributed by atoms with E-state index in [2.05, 4.69) is 16.0 Å². The van der Waals surface area contributed by atoms with Gasteiger partial charge in [0.25, 0.3) is 0 Å². The van der Waals surface area contributed by atoms with Crippen LogP contribution in [0.4, 0.5) is 16.2 Å². The zero-order valence-corrected chi connectivity index (χ0v) is 20.5. The molecule has 0 atom stereocenters. The molecule has 10 heteroatoms. The predicted octanol–water partition coefficient (Wildman–Crippen LogP) is 3.02. The third-order valence-electron chi connectivity index (χ3n) is 6.14. The lowest BCUT2D eigenvalue weighted by Gasteiger charge is -2.31. The minimum Gasteiger partial charge on any atom is -0.495 e. The van der Waals surface area contributed by atoms with Crippen molar-refractivity contribution in [3.63, 3.8) is 0 Å². The second-order valence-electron chi connectivity index (χ2n) is 8.80. The van der Waals surface area contributed by atoms with Crippen LogP contribution in [-0.4, -0.2) is 60.6 Å². The van der Waals surface area contributed by atoms with Gasteiger partial charge in [-0.05, 0) is 55.0 Å². The predicted molar refractivity (Wildman–Crippen MR) is 135 cm³/mol. The molecule has 0 spiro atoms. The summed E-state index contributed by atoms with van der Waals surface area (Å²) in [5.74, 6) is -0.834. The van der Waals surface area contributed by atoms with Gasteiger partial charge >= 0.3 is 12.0 Å². The van der Waals surface area contributed by atoms with E-state index in [9.17, 15) is 19.2 Å². The van der Waals surface area contributed by atoms with Gasteiger partial charge in [0.05, 0.1) is 25.8 Å². The summed E-state index contributed by atoms with van der Waals surface area (Å²) in [7, 11) is 1.47. The lowest BCUT2D eigenvalue weighted by atomic mass is 9.93. The number of piperidine rings is 1. The van der Waals surface area contributed by atoms with Gasteiger partial charge in [0.15, 0.2) is 0 Å². The second-order valence-corrected chi connectivity index (χ2v) is 8.80. The van der Waals surface area contributed by atoms with Crippen molar-refractivity contribution < 1.29 is 29.0 Å². The van der Waals surface area contributed by atoms with Crippen LogP contribution in [0.2, 0.25) is 0 Å². The number of carboxylic acid groups (broad SMARTS) is 1. The second kappa shape index (κ2) is 12.6. The molecule has 0 unspecified atom stereocenters. The molecule has 4 N–H and O–H groups in total. The molecule has 1 aliphatic heterocycles. The number of benzene rings is 2. The van der Waals surface area contributed by atoms with Gasteiger partial charge in [0, 0.05) is 25.2 Å². The molecule has 36 heavy (non-hydrogen) atoms. The summed E-state index contributed by atoms with van der Waals surface area (Å²) in [4.78, 5) is 49.7. The fourth-order valence-electron chi connectivity index (χ4n) is 4.11. The monoisotopic (exact) mass is 496 g/mol. The average molecular weight is 497 g/mol. The molecule has 1 fully saturated rings. The fourth-order valence-corrected chi connectivity index (χ4v) is 4.11. The highest BCUT2D eigenvalue weighted by atomic mass is 16.5. The van der Waals surface area contributed by atoms with Gasteiger partial charge in [0.2, 0.25) is 11.8 Å². The number of likely N-dealkylation sites (tertiary alicyclic amines) is 1. The third kappa shape index (κ3) is 7.72. The molecule has 2 aromatic carbocycles. The first-order valence-electron chi connectivity index (χ1n) is 11.8. The highest BCUT2D eigenvalue weighted by molar-refractivity contribution is 6.01. The molecule has 0 bridgehead atoms. The summed E-state index contributed by atoms with van der Waals surface area (Å²) in [6.07, 6.45) is 1.46. The largest absolute Gasteiger partial charge is 0.495 e. The maximum Gasteiger partial charge on any atom is 0.323 e. The first-order chi connectivity index (χ1) is 17.2. The van der Waals surface area contributed by atoms with E-state index in [1.54, 1.807) is 29.2 Å². The molecule has 192 valence electrons. The summed E-state index contributed by atoms with van der Waals surface area (Å²) in [5.41, 5.74) is 2.74. The molecule has 0 saturated carbocycles. The Morgan fingerprint density at radius 2 is 1.72 bits per heavy atom. The van der Waals surface area contributed by atoms with Crippen LogP contribution in [0.3, 0.4) is 0 Å². The van der Waals surface area contributed by atoms with Crippen LogP contribution in [0.5, 0.6) is 5.75 Å². The number of aryl methyl sites for hydroxylation is 1. The van der Waals surface area contributed by atoms with E-state index in [0.717, 1.165) is 5.56 Å². The molecule has 0 aliphatic carbocycles. The first-order valence-corrected chi connectivity index (χ1v) is 11.8. The molecule has 3 rings (SSSR count). The standard InChI is InChI=1S/C26H32N4O6/c1-17-5-3-4-6-20(17)28-26(35)29-21-8-7-19(13-22(21)36-2)14-23(31)27-16-24(32)30-11-9-18(10-12-30)15-25(33)34/h3-8,13,18H,9-12,14-16H2,1-2H3,(H,27,31)(H,33,34)(H2,28,29,35). The number of nitrogens with zero attached hydrogens (tertiary/aromatic N) is 1. The number of aliphatic carboxylic acids is 1. The van der Waals surface area contributed by atoms with Gasteiger partial charge in [-0.15, -0.1) is 0 Å². The number of hydrogen-bond acceptors (Lipinski definition) is 5. The molecular formula is C26H32N4O6. The molecule has 1 saturated heterocycles. The van der Waals surface area contributed by atoms with Crippen molar-refractivity contribution >= 4 is 35.2 Å². The maximum atomic E-state index is 12.4. The summed E-state index contributed by atoms with van der Waals surface area (Å²) in [5, 5.41) is 17.1. The number of hydrogen-bond donors (Lipinski definition) is 4. The van der Waals surface area contributed by atoms with Crippen LogP contribution in [-0.2, 0) is 20.8 Å². The van der Waals surface area contributed by atoms with E-state index >= 15 is 0 Å². The fraction of sp³-hybridized carbons (Fsp3) is 0.385. The Kier molecular flexibility index (Phi) is 9.26. The number of ether oxygens (including phenoxy) is 1. The van der Waals surface area contributed by atoms with E-state index in [-0.39, 0.29) is 37.1 Å². The topological polar surface area (TPSA) is 137 Å². The Labute approximate surface area is 210 Å². The Balaban J connectivity index is 1.48. The number of carboxylic acids is 1. The highest BCUT2D eigenvalue weighted by Gasteiger charge is 2.24. The number of carbonyl (C=O) groups excluding carboxylic acids is 3. The normalized spacial score (nSPS) is 13.6. The van der Waals surface area contributed by atoms with Crippen molar-refractivity contribution in [1.82, 2.24) is 10.2 Å². The zero-order valence-electron chi connectivity index (χ0n) is 20.5. The van der Waals surface area contributed by atoms with E-state index in [4.69, 9.17) is 9.84 Å². The van der Waals surface area contributed by atoms with Crippen molar-refractivity contribution in [3.05, 3.63) is 53.6 Å². The summed E-state index contributed by atoms with van der Waals surface area (Å²) in [6.45, 7) is 2.78. The van der Waals surface area contributed by atoms with Crippen molar-refractivity contribution in [3.8, 4) is 5.75 Å². The van der Waals surface area contributed by atoms with Crippen LogP contribution in [0, 0.1) is 12.8 Å². The van der Waals surface area contributed by atoms with Crippen LogP contribution in [0.1, 0.15) is 30.4 Å². The first kappa shape index (κ1) is 26.5. The lowest BCUT2D eigenvalue weighted by molar-refractivity contribution is -0.139. The van der Waals surface area contributed by atoms with Crippen LogP contribution < -0.4 is 20.7 Å². The van der Waals surface area contributed by atoms with Crippen molar-refractivity contribution in [1.29, 1.82) is 0 Å². The molecule has 1 heterocycles. The molecule has 1 aliphatic rings. The van der Waals surface area contributed by atoms with Crippen LogP contribution in [0.25, 0.3) is 0 Å². The number of rotatable bonds is 9. The number of carbonyl (C=O) groups is 4. The Hall–Kier alpha value is -4.08. The molecule has 0 radical (unpaired) electrons. The highest BCUT2D eigenvalue weighted by Crippen LogP contribution is 2.26. The molecule has 4 amide bonds. The summed E-state index contributed by atoms with van der Waals surface area (Å²) < 4.78 is 5.38. The number of urea groups is 1. The van der Waals surface area contributed by atoms with Crippen molar-refractivity contribution in [2.45, 2.75) is 32.6 Å². The quantitative estimate of drug-likeness (QED) is 0.421. The molecule has 10 nitrogen and oxygen atoms in total. The Bertz CT molecular complexity index is 1110. The molecule has 0 aromatic heterocycles. The van der Waals surface area contributed by atoms with Gasteiger partial charge in [0.1, 0.15) is 5.75 Å². The molecule has 2 aromatic rings. The van der Waals surface area contributed by atoms with E-state index in [0.29, 0.717) is 48.6 Å².